The quantitative estimate of drug-likeness (QED) is 0.554. The highest BCUT2D eigenvalue weighted by Crippen LogP contribution is 2.20. The van der Waals surface area contributed by atoms with Gasteiger partial charge in [0.2, 0.25) is 0 Å². The van der Waals surface area contributed by atoms with Gasteiger partial charge in [-0.15, -0.1) is 0 Å². The third kappa shape index (κ3) is 2.61. The molecule has 94 valence electrons. The fraction of sp³-hybridized carbons (Fsp3) is 0. The van der Waals surface area contributed by atoms with Gasteiger partial charge in [-0.1, -0.05) is 18.2 Å². The highest BCUT2D eigenvalue weighted by atomic mass is 16.2. The Bertz CT molecular complexity index is 722. The van der Waals surface area contributed by atoms with Gasteiger partial charge in [0, 0.05) is 22.7 Å². The minimum Gasteiger partial charge on any atom is -0.361 e. The van der Waals surface area contributed by atoms with Gasteiger partial charge in [-0.25, -0.2) is 4.79 Å². The van der Waals surface area contributed by atoms with Crippen molar-refractivity contribution in [2.45, 2.75) is 0 Å². The molecule has 0 atom stereocenters. The molecule has 19 heavy (non-hydrogen) atoms. The van der Waals surface area contributed by atoms with E-state index in [1.54, 1.807) is 12.3 Å². The Morgan fingerprint density at radius 2 is 2.11 bits per heavy atom. The number of hydrogen-bond acceptors (Lipinski definition) is 3. The van der Waals surface area contributed by atoms with E-state index in [0.29, 0.717) is 5.56 Å². The van der Waals surface area contributed by atoms with Crippen LogP contribution in [0, 0.1) is 11.3 Å². The van der Waals surface area contributed by atoms with Crippen LogP contribution in [0.5, 0.6) is 0 Å². The van der Waals surface area contributed by atoms with Crippen LogP contribution < -0.4 is 11.1 Å². The second-order valence-electron chi connectivity index (χ2n) is 3.78. The number of rotatable bonds is 2. The molecule has 0 unspecified atom stereocenters. The van der Waals surface area contributed by atoms with Crippen LogP contribution in [0.2, 0.25) is 0 Å². The lowest BCUT2D eigenvalue weighted by atomic mass is 10.1. The lowest BCUT2D eigenvalue weighted by Crippen LogP contribution is -2.35. The number of aromatic nitrogens is 1. The van der Waals surface area contributed by atoms with Gasteiger partial charge in [-0.2, -0.15) is 5.26 Å². The summed E-state index contributed by atoms with van der Waals surface area (Å²) in [6.45, 7) is 0. The average Bonchev–Trinajstić information content (AvgIpc) is 2.78. The van der Waals surface area contributed by atoms with Gasteiger partial charge >= 0.3 is 6.03 Å². The van der Waals surface area contributed by atoms with E-state index in [2.05, 4.69) is 4.98 Å². The van der Waals surface area contributed by atoms with E-state index in [-0.39, 0.29) is 5.57 Å². The van der Waals surface area contributed by atoms with Gasteiger partial charge in [0.1, 0.15) is 11.6 Å². The molecule has 0 aliphatic heterocycles. The van der Waals surface area contributed by atoms with Crippen molar-refractivity contribution in [3.8, 4) is 6.07 Å². The number of nitriles is 1. The zero-order valence-electron chi connectivity index (χ0n) is 9.81. The molecule has 2 aromatic rings. The van der Waals surface area contributed by atoms with E-state index >= 15 is 0 Å². The molecule has 6 nitrogen and oxygen atoms in total. The number of aromatic amines is 1. The van der Waals surface area contributed by atoms with E-state index in [1.807, 2.05) is 29.6 Å². The Labute approximate surface area is 108 Å². The van der Waals surface area contributed by atoms with Gasteiger partial charge in [-0.05, 0) is 12.1 Å². The summed E-state index contributed by atoms with van der Waals surface area (Å²) < 4.78 is 0. The Kier molecular flexibility index (Phi) is 3.30. The Hall–Kier alpha value is -3.07. The highest BCUT2D eigenvalue weighted by molar-refractivity contribution is 6.09. The van der Waals surface area contributed by atoms with Gasteiger partial charge in [0.05, 0.1) is 0 Å². The fourth-order valence-corrected chi connectivity index (χ4v) is 1.70. The minimum absolute atomic E-state index is 0.191. The predicted octanol–water partition coefficient (Wildman–Crippen LogP) is 1.27. The van der Waals surface area contributed by atoms with Crippen LogP contribution in [0.4, 0.5) is 4.79 Å². The zero-order valence-corrected chi connectivity index (χ0v) is 9.81. The maximum absolute atomic E-state index is 11.5. The maximum Gasteiger partial charge on any atom is 0.319 e. The Balaban J connectivity index is 2.41. The summed E-state index contributed by atoms with van der Waals surface area (Å²) >= 11 is 0. The van der Waals surface area contributed by atoms with E-state index in [1.165, 1.54) is 6.08 Å². The van der Waals surface area contributed by atoms with Crippen LogP contribution in [-0.2, 0) is 4.79 Å². The van der Waals surface area contributed by atoms with Crippen LogP contribution in [0.15, 0.2) is 36.0 Å². The molecule has 0 saturated heterocycles. The Morgan fingerprint density at radius 3 is 2.79 bits per heavy atom. The summed E-state index contributed by atoms with van der Waals surface area (Å²) in [4.78, 5) is 25.1. The number of primary amides is 1. The van der Waals surface area contributed by atoms with Crippen molar-refractivity contribution in [2.24, 2.45) is 5.73 Å². The minimum atomic E-state index is -0.995. The van der Waals surface area contributed by atoms with Crippen LogP contribution in [-0.4, -0.2) is 16.9 Å². The molecule has 0 radical (unpaired) electrons. The second-order valence-corrected chi connectivity index (χ2v) is 3.78. The molecule has 0 fully saturated rings. The first kappa shape index (κ1) is 12.4. The summed E-state index contributed by atoms with van der Waals surface area (Å²) in [6, 6.07) is 8.20. The fourth-order valence-electron chi connectivity index (χ4n) is 1.70. The molecule has 1 heterocycles. The van der Waals surface area contributed by atoms with Crippen molar-refractivity contribution < 1.29 is 9.59 Å². The molecule has 0 aliphatic carbocycles. The van der Waals surface area contributed by atoms with Crippen LogP contribution >= 0.6 is 0 Å². The van der Waals surface area contributed by atoms with Crippen molar-refractivity contribution in [1.82, 2.24) is 10.3 Å². The molecular formula is C13H10N4O2. The number of carbonyl (C=O) groups is 2. The van der Waals surface area contributed by atoms with Gasteiger partial charge in [0.15, 0.2) is 0 Å². The second kappa shape index (κ2) is 5.06. The smallest absolute Gasteiger partial charge is 0.319 e. The van der Waals surface area contributed by atoms with Gasteiger partial charge < -0.3 is 10.7 Å². The van der Waals surface area contributed by atoms with Crippen molar-refractivity contribution in [3.05, 3.63) is 41.6 Å². The number of amides is 3. The van der Waals surface area contributed by atoms with Crippen molar-refractivity contribution in [1.29, 1.82) is 5.26 Å². The number of nitrogens with zero attached hydrogens (tertiary/aromatic N) is 1. The number of fused-ring (bicyclic) bond motifs is 1. The molecule has 6 heteroatoms. The summed E-state index contributed by atoms with van der Waals surface area (Å²) in [7, 11) is 0. The normalized spacial score (nSPS) is 11.0. The molecule has 0 spiro atoms. The average molecular weight is 254 g/mol. The lowest BCUT2D eigenvalue weighted by Gasteiger charge is -1.98. The number of urea groups is 1. The lowest BCUT2D eigenvalue weighted by molar-refractivity contribution is -0.115. The van der Waals surface area contributed by atoms with E-state index in [0.717, 1.165) is 10.9 Å². The first-order valence-corrected chi connectivity index (χ1v) is 5.40. The summed E-state index contributed by atoms with van der Waals surface area (Å²) in [5.41, 5.74) is 6.22. The number of carbonyl (C=O) groups excluding carboxylic acids is 2. The zero-order chi connectivity index (χ0) is 13.8. The number of imide groups is 1. The number of hydrogen-bond donors (Lipinski definition) is 3. The first-order valence-electron chi connectivity index (χ1n) is 5.40. The van der Waals surface area contributed by atoms with Crippen molar-refractivity contribution >= 4 is 28.9 Å². The molecule has 3 amide bonds. The SMILES string of the molecule is N#C/C(=C/c1c[nH]c2ccccc12)C(=O)NC(N)=O. The summed E-state index contributed by atoms with van der Waals surface area (Å²) in [5, 5.41) is 11.7. The van der Waals surface area contributed by atoms with Crippen LogP contribution in [0.1, 0.15) is 5.56 Å². The van der Waals surface area contributed by atoms with Crippen molar-refractivity contribution in [3.63, 3.8) is 0 Å². The van der Waals surface area contributed by atoms with Crippen LogP contribution in [0.3, 0.4) is 0 Å². The molecule has 0 bridgehead atoms. The standard InChI is InChI=1S/C13H10N4O2/c14-6-8(12(18)17-13(15)19)5-9-7-16-11-4-2-1-3-10(9)11/h1-5,7,16H,(H3,15,17,18,19)/b8-5-. The monoisotopic (exact) mass is 254 g/mol. The third-order valence-electron chi connectivity index (χ3n) is 2.52. The number of nitrogens with one attached hydrogen (secondary N) is 2. The van der Waals surface area contributed by atoms with Gasteiger partial charge in [-0.3, -0.25) is 10.1 Å². The Morgan fingerprint density at radius 1 is 1.37 bits per heavy atom. The molecule has 0 aliphatic rings. The first-order chi connectivity index (χ1) is 9.11. The van der Waals surface area contributed by atoms with E-state index in [4.69, 9.17) is 11.0 Å². The number of benzene rings is 1. The molecule has 4 N–H and O–H groups in total. The summed E-state index contributed by atoms with van der Waals surface area (Å²) in [6.07, 6.45) is 3.08. The molecule has 0 saturated carbocycles. The topological polar surface area (TPSA) is 112 Å². The third-order valence-corrected chi connectivity index (χ3v) is 2.52. The molecular weight excluding hydrogens is 244 g/mol. The predicted molar refractivity (Wildman–Crippen MR) is 69.6 cm³/mol. The van der Waals surface area contributed by atoms with Crippen LogP contribution in [0.25, 0.3) is 17.0 Å². The molecule has 1 aromatic heterocycles. The summed E-state index contributed by atoms with van der Waals surface area (Å²) in [5.74, 6) is -0.819. The highest BCUT2D eigenvalue weighted by Gasteiger charge is 2.12. The number of nitrogens with two attached hydrogens (primary N) is 1. The molecule has 1 aromatic carbocycles. The molecule has 2 rings (SSSR count). The van der Waals surface area contributed by atoms with E-state index < -0.39 is 11.9 Å². The van der Waals surface area contributed by atoms with Gasteiger partial charge in [0.25, 0.3) is 5.91 Å². The number of H-pyrrole nitrogens is 1. The largest absolute Gasteiger partial charge is 0.361 e. The van der Waals surface area contributed by atoms with E-state index in [9.17, 15) is 9.59 Å². The number of para-hydroxylation sites is 1. The maximum atomic E-state index is 11.5. The van der Waals surface area contributed by atoms with Crippen molar-refractivity contribution in [2.75, 3.05) is 0 Å².